The molecule has 0 bridgehead atoms. The molecule has 1 aliphatic rings. The summed E-state index contributed by atoms with van der Waals surface area (Å²) in [7, 11) is 0. The zero-order valence-corrected chi connectivity index (χ0v) is 16.3. The fourth-order valence-corrected chi connectivity index (χ4v) is 3.52. The summed E-state index contributed by atoms with van der Waals surface area (Å²) in [6.45, 7) is 0. The van der Waals surface area contributed by atoms with Crippen LogP contribution in [0.3, 0.4) is 0 Å². The number of H-pyrrole nitrogens is 1. The third kappa shape index (κ3) is 3.74. The van der Waals surface area contributed by atoms with E-state index in [1.54, 1.807) is 12.1 Å². The standard InChI is InChI=1S/C18H15BrClN5O2/c19-10-3-6-13-12(7-10)16(18(27)21-13)24-25-17(26)15-8-14(22-23-15)9-1-4-11(20)5-2-9/h1-7,14-15,21-23,27H,8H2. The average Bonchev–Trinajstić information content (AvgIpc) is 3.25. The number of nitrogens with zero attached hydrogens (tertiary/aromatic N) is 2. The summed E-state index contributed by atoms with van der Waals surface area (Å²) in [5, 5.41) is 19.2. The van der Waals surface area contributed by atoms with Gasteiger partial charge in [-0.05, 0) is 42.3 Å². The van der Waals surface area contributed by atoms with Gasteiger partial charge in [-0.15, -0.1) is 10.2 Å². The molecule has 1 aromatic heterocycles. The van der Waals surface area contributed by atoms with E-state index in [0.29, 0.717) is 22.3 Å². The first kappa shape index (κ1) is 18.1. The van der Waals surface area contributed by atoms with Crippen molar-refractivity contribution in [1.29, 1.82) is 0 Å². The van der Waals surface area contributed by atoms with Crippen molar-refractivity contribution >= 4 is 50.0 Å². The highest BCUT2D eigenvalue weighted by molar-refractivity contribution is 9.10. The van der Waals surface area contributed by atoms with Gasteiger partial charge in [-0.25, -0.2) is 10.9 Å². The molecule has 3 aromatic rings. The number of halogens is 2. The van der Waals surface area contributed by atoms with E-state index in [0.717, 1.165) is 10.0 Å². The molecule has 1 amide bonds. The van der Waals surface area contributed by atoms with Crippen LogP contribution in [0.5, 0.6) is 5.88 Å². The van der Waals surface area contributed by atoms with Crippen LogP contribution in [0.25, 0.3) is 10.9 Å². The molecule has 0 radical (unpaired) electrons. The summed E-state index contributed by atoms with van der Waals surface area (Å²) in [5.41, 5.74) is 8.01. The normalized spacial score (nSPS) is 19.9. The molecule has 0 saturated carbocycles. The zero-order valence-electron chi connectivity index (χ0n) is 13.9. The van der Waals surface area contributed by atoms with Crippen molar-refractivity contribution in [2.24, 2.45) is 10.2 Å². The van der Waals surface area contributed by atoms with Crippen LogP contribution in [0.1, 0.15) is 18.0 Å². The molecule has 2 heterocycles. The summed E-state index contributed by atoms with van der Waals surface area (Å²) in [6.07, 6.45) is 0.533. The van der Waals surface area contributed by atoms with Crippen molar-refractivity contribution < 1.29 is 9.90 Å². The summed E-state index contributed by atoms with van der Waals surface area (Å²) < 4.78 is 0.837. The van der Waals surface area contributed by atoms with E-state index in [2.05, 4.69) is 42.0 Å². The van der Waals surface area contributed by atoms with Crippen molar-refractivity contribution in [3.8, 4) is 5.88 Å². The minimum Gasteiger partial charge on any atom is -0.493 e. The lowest BCUT2D eigenvalue weighted by molar-refractivity contribution is -0.120. The van der Waals surface area contributed by atoms with Crippen LogP contribution < -0.4 is 10.9 Å². The number of aromatic amines is 1. The number of benzene rings is 2. The van der Waals surface area contributed by atoms with Gasteiger partial charge in [0.05, 0.1) is 5.52 Å². The number of carbonyl (C=O) groups excluding carboxylic acids is 1. The first-order valence-corrected chi connectivity index (χ1v) is 9.40. The molecule has 4 rings (SSSR count). The summed E-state index contributed by atoms with van der Waals surface area (Å²) in [6, 6.07) is 12.4. The Morgan fingerprint density at radius 2 is 1.96 bits per heavy atom. The maximum Gasteiger partial charge on any atom is 0.282 e. The average molecular weight is 449 g/mol. The Labute approximate surface area is 167 Å². The number of amides is 1. The van der Waals surface area contributed by atoms with Crippen LogP contribution in [0.4, 0.5) is 5.69 Å². The van der Waals surface area contributed by atoms with Gasteiger partial charge >= 0.3 is 0 Å². The lowest BCUT2D eigenvalue weighted by Crippen LogP contribution is -2.35. The van der Waals surface area contributed by atoms with Gasteiger partial charge in [-0.1, -0.05) is 39.7 Å². The van der Waals surface area contributed by atoms with Gasteiger partial charge in [0.15, 0.2) is 5.69 Å². The van der Waals surface area contributed by atoms with Crippen LogP contribution in [-0.2, 0) is 4.79 Å². The number of rotatable bonds is 3. The fourth-order valence-electron chi connectivity index (χ4n) is 3.04. The van der Waals surface area contributed by atoms with Crippen molar-refractivity contribution in [3.05, 3.63) is 57.5 Å². The van der Waals surface area contributed by atoms with Crippen LogP contribution >= 0.6 is 27.5 Å². The van der Waals surface area contributed by atoms with Gasteiger partial charge in [-0.2, -0.15) is 0 Å². The minimum atomic E-state index is -0.506. The summed E-state index contributed by atoms with van der Waals surface area (Å²) in [4.78, 5) is 15.2. The molecule has 0 spiro atoms. The number of hydrazine groups is 1. The zero-order chi connectivity index (χ0) is 19.0. The maximum atomic E-state index is 12.4. The molecule has 0 aliphatic carbocycles. The molecule has 1 saturated heterocycles. The summed E-state index contributed by atoms with van der Waals surface area (Å²) >= 11 is 9.29. The van der Waals surface area contributed by atoms with Gasteiger partial charge in [0, 0.05) is 20.9 Å². The highest BCUT2D eigenvalue weighted by atomic mass is 79.9. The first-order chi connectivity index (χ1) is 13.0. The molecular weight excluding hydrogens is 434 g/mol. The minimum absolute atomic E-state index is 0.0242. The highest BCUT2D eigenvalue weighted by Crippen LogP contribution is 2.37. The molecule has 2 unspecified atom stereocenters. The van der Waals surface area contributed by atoms with Gasteiger partial charge in [-0.3, -0.25) is 4.79 Å². The molecule has 4 N–H and O–H groups in total. The van der Waals surface area contributed by atoms with Crippen molar-refractivity contribution in [2.45, 2.75) is 18.5 Å². The highest BCUT2D eigenvalue weighted by Gasteiger charge is 2.30. The van der Waals surface area contributed by atoms with E-state index in [1.807, 2.05) is 30.3 Å². The number of hydrogen-bond acceptors (Lipinski definition) is 5. The van der Waals surface area contributed by atoms with Crippen LogP contribution in [0, 0.1) is 0 Å². The number of fused-ring (bicyclic) bond motifs is 1. The lowest BCUT2D eigenvalue weighted by Gasteiger charge is -2.08. The Kier molecular flexibility index (Phi) is 4.96. The predicted octanol–water partition coefficient (Wildman–Crippen LogP) is 4.51. The van der Waals surface area contributed by atoms with E-state index < -0.39 is 11.9 Å². The largest absolute Gasteiger partial charge is 0.493 e. The Morgan fingerprint density at radius 3 is 2.74 bits per heavy atom. The molecule has 2 aromatic carbocycles. The van der Waals surface area contributed by atoms with Crippen LogP contribution in [-0.4, -0.2) is 22.0 Å². The molecule has 9 heteroatoms. The fraction of sp³-hybridized carbons (Fsp3) is 0.167. The molecule has 138 valence electrons. The number of aromatic hydroxyl groups is 1. The van der Waals surface area contributed by atoms with Crippen molar-refractivity contribution in [1.82, 2.24) is 15.8 Å². The van der Waals surface area contributed by atoms with Gasteiger partial charge in [0.1, 0.15) is 6.04 Å². The Bertz CT molecular complexity index is 1030. The second kappa shape index (κ2) is 7.40. The van der Waals surface area contributed by atoms with E-state index in [4.69, 9.17) is 11.6 Å². The smallest absolute Gasteiger partial charge is 0.282 e. The first-order valence-electron chi connectivity index (χ1n) is 8.23. The van der Waals surface area contributed by atoms with Crippen LogP contribution in [0.15, 0.2) is 57.2 Å². The van der Waals surface area contributed by atoms with E-state index in [-0.39, 0.29) is 17.6 Å². The van der Waals surface area contributed by atoms with E-state index in [9.17, 15) is 9.90 Å². The number of hydrogen-bond donors (Lipinski definition) is 4. The summed E-state index contributed by atoms with van der Waals surface area (Å²) in [5.74, 6) is -0.543. The van der Waals surface area contributed by atoms with E-state index >= 15 is 0 Å². The molecule has 1 fully saturated rings. The third-order valence-electron chi connectivity index (χ3n) is 4.44. The monoisotopic (exact) mass is 447 g/mol. The van der Waals surface area contributed by atoms with Gasteiger partial charge in [0.2, 0.25) is 5.88 Å². The number of aromatic nitrogens is 1. The molecular formula is C18H15BrClN5O2. The van der Waals surface area contributed by atoms with Crippen molar-refractivity contribution in [3.63, 3.8) is 0 Å². The van der Waals surface area contributed by atoms with Gasteiger partial charge in [0.25, 0.3) is 5.91 Å². The molecule has 7 nitrogen and oxygen atoms in total. The lowest BCUT2D eigenvalue weighted by atomic mass is 10.0. The Morgan fingerprint density at radius 1 is 1.19 bits per heavy atom. The SMILES string of the molecule is O=C(N=Nc1c(O)[nH]c2ccc(Br)cc12)C1CC(c2ccc(Cl)cc2)NN1. The van der Waals surface area contributed by atoms with Crippen molar-refractivity contribution in [2.75, 3.05) is 0 Å². The Hall–Kier alpha value is -2.26. The van der Waals surface area contributed by atoms with Gasteiger partial charge < -0.3 is 10.1 Å². The van der Waals surface area contributed by atoms with Crippen LogP contribution in [0.2, 0.25) is 5.02 Å². The second-order valence-corrected chi connectivity index (χ2v) is 7.58. The maximum absolute atomic E-state index is 12.4. The molecule has 2 atom stereocenters. The molecule has 27 heavy (non-hydrogen) atoms. The van der Waals surface area contributed by atoms with E-state index in [1.165, 1.54) is 0 Å². The topological polar surface area (TPSA) is 102 Å². The number of azo groups is 1. The Balaban J connectivity index is 1.49. The predicted molar refractivity (Wildman–Crippen MR) is 106 cm³/mol. The quantitative estimate of drug-likeness (QED) is 0.443. The number of carbonyl (C=O) groups is 1. The third-order valence-corrected chi connectivity index (χ3v) is 5.18. The number of nitrogens with one attached hydrogen (secondary N) is 3. The molecule has 1 aliphatic heterocycles. The second-order valence-electron chi connectivity index (χ2n) is 6.23.